The molecule has 0 radical (unpaired) electrons. The maximum absolute atomic E-state index is 6.25. The number of imidazole rings is 1. The minimum Gasteiger partial charge on any atom is -0.338 e. The van der Waals surface area contributed by atoms with Gasteiger partial charge in [0.1, 0.15) is 5.82 Å². The molecule has 0 bridgehead atoms. The molecule has 0 aromatic carbocycles. The Labute approximate surface area is 96.7 Å². The van der Waals surface area contributed by atoms with Gasteiger partial charge in [-0.2, -0.15) is 0 Å². The molecule has 1 unspecified atom stereocenters. The lowest BCUT2D eigenvalue weighted by Crippen LogP contribution is -2.02. The third-order valence-corrected chi connectivity index (χ3v) is 3.76. The van der Waals surface area contributed by atoms with Gasteiger partial charge in [0.2, 0.25) is 0 Å². The Bertz CT molecular complexity index is 304. The van der Waals surface area contributed by atoms with E-state index in [9.17, 15) is 0 Å². The summed E-state index contributed by atoms with van der Waals surface area (Å²) in [6.07, 6.45) is 11.3. The first kappa shape index (κ1) is 11.0. The van der Waals surface area contributed by atoms with Crippen molar-refractivity contribution < 1.29 is 0 Å². The van der Waals surface area contributed by atoms with Gasteiger partial charge >= 0.3 is 0 Å². The topological polar surface area (TPSA) is 17.8 Å². The summed E-state index contributed by atoms with van der Waals surface area (Å²) in [5.41, 5.74) is 0. The van der Waals surface area contributed by atoms with E-state index in [1.165, 1.54) is 37.9 Å². The monoisotopic (exact) mass is 226 g/mol. The lowest BCUT2D eigenvalue weighted by atomic mass is 10.1. The average Bonchev–Trinajstić information content (AvgIpc) is 2.99. The van der Waals surface area contributed by atoms with Crippen molar-refractivity contribution in [1.82, 2.24) is 9.55 Å². The van der Waals surface area contributed by atoms with Crippen LogP contribution in [0.5, 0.6) is 0 Å². The molecule has 1 aromatic rings. The van der Waals surface area contributed by atoms with Crippen LogP contribution in [0, 0.1) is 5.92 Å². The maximum Gasteiger partial charge on any atom is 0.108 e. The molecule has 1 saturated carbocycles. The van der Waals surface area contributed by atoms with Gasteiger partial charge in [-0.05, 0) is 31.6 Å². The summed E-state index contributed by atoms with van der Waals surface area (Å²) in [5.74, 6) is 2.02. The molecule has 1 aliphatic carbocycles. The third kappa shape index (κ3) is 3.23. The van der Waals surface area contributed by atoms with Crippen LogP contribution >= 0.6 is 11.6 Å². The number of alkyl halides is 1. The van der Waals surface area contributed by atoms with E-state index in [0.29, 0.717) is 5.38 Å². The molecule has 0 saturated heterocycles. The highest BCUT2D eigenvalue weighted by atomic mass is 35.5. The number of nitrogens with zero attached hydrogens (tertiary/aromatic N) is 2. The first-order valence-corrected chi connectivity index (χ1v) is 6.31. The summed E-state index contributed by atoms with van der Waals surface area (Å²) in [4.78, 5) is 4.31. The van der Waals surface area contributed by atoms with Crippen LogP contribution in [0.1, 0.15) is 37.9 Å². The van der Waals surface area contributed by atoms with Gasteiger partial charge in [0.05, 0.1) is 0 Å². The van der Waals surface area contributed by atoms with E-state index >= 15 is 0 Å². The van der Waals surface area contributed by atoms with Gasteiger partial charge in [-0.15, -0.1) is 11.6 Å². The molecule has 84 valence electrons. The van der Waals surface area contributed by atoms with Crippen molar-refractivity contribution in [3.63, 3.8) is 0 Å². The zero-order chi connectivity index (χ0) is 10.7. The molecular weight excluding hydrogens is 208 g/mol. The highest BCUT2D eigenvalue weighted by Gasteiger charge is 2.28. The zero-order valence-corrected chi connectivity index (χ0v) is 10.1. The summed E-state index contributed by atoms with van der Waals surface area (Å²) in [7, 11) is 2.05. The van der Waals surface area contributed by atoms with Gasteiger partial charge in [-0.25, -0.2) is 4.98 Å². The number of aryl methyl sites for hydroxylation is 2. The largest absolute Gasteiger partial charge is 0.338 e. The standard InChI is InChI=1S/C12H19ClN2/c1-15-9-8-14-12(15)5-3-2-4-11(13)10-6-7-10/h8-11H,2-7H2,1H3. The molecule has 1 heterocycles. The minimum absolute atomic E-state index is 0.436. The third-order valence-electron chi connectivity index (χ3n) is 3.18. The second-order valence-electron chi connectivity index (χ2n) is 4.55. The van der Waals surface area contributed by atoms with Crippen LogP contribution in [-0.2, 0) is 13.5 Å². The Hall–Kier alpha value is -0.500. The average molecular weight is 227 g/mol. The Morgan fingerprint density at radius 3 is 2.93 bits per heavy atom. The normalized spacial score (nSPS) is 18.0. The molecule has 0 N–H and O–H groups in total. The number of halogens is 1. The van der Waals surface area contributed by atoms with Gasteiger partial charge < -0.3 is 4.57 Å². The van der Waals surface area contributed by atoms with Crippen LogP contribution in [0.2, 0.25) is 0 Å². The molecule has 2 rings (SSSR count). The van der Waals surface area contributed by atoms with E-state index in [1.807, 2.05) is 12.4 Å². The van der Waals surface area contributed by atoms with Gasteiger partial charge in [-0.1, -0.05) is 6.42 Å². The maximum atomic E-state index is 6.25. The first-order valence-electron chi connectivity index (χ1n) is 5.87. The molecule has 0 aliphatic heterocycles. The molecular formula is C12H19ClN2. The fraction of sp³-hybridized carbons (Fsp3) is 0.750. The van der Waals surface area contributed by atoms with Crippen molar-refractivity contribution in [3.05, 3.63) is 18.2 Å². The predicted octanol–water partition coefficient (Wildman–Crippen LogP) is 3.15. The van der Waals surface area contributed by atoms with Crippen molar-refractivity contribution in [2.75, 3.05) is 0 Å². The van der Waals surface area contributed by atoms with E-state index in [1.54, 1.807) is 0 Å². The Kier molecular flexibility index (Phi) is 3.68. The quantitative estimate of drug-likeness (QED) is 0.538. The molecule has 15 heavy (non-hydrogen) atoms. The molecule has 1 atom stereocenters. The van der Waals surface area contributed by atoms with Crippen molar-refractivity contribution in [3.8, 4) is 0 Å². The van der Waals surface area contributed by atoms with E-state index in [2.05, 4.69) is 16.6 Å². The van der Waals surface area contributed by atoms with Crippen molar-refractivity contribution in [2.24, 2.45) is 13.0 Å². The molecule has 0 spiro atoms. The minimum atomic E-state index is 0.436. The van der Waals surface area contributed by atoms with E-state index in [-0.39, 0.29) is 0 Å². The van der Waals surface area contributed by atoms with E-state index in [4.69, 9.17) is 11.6 Å². The molecule has 1 aliphatic rings. The van der Waals surface area contributed by atoms with Crippen LogP contribution in [-0.4, -0.2) is 14.9 Å². The molecule has 1 fully saturated rings. The summed E-state index contributed by atoms with van der Waals surface area (Å²) < 4.78 is 2.10. The zero-order valence-electron chi connectivity index (χ0n) is 9.32. The summed E-state index contributed by atoms with van der Waals surface area (Å²) in [6.45, 7) is 0. The summed E-state index contributed by atoms with van der Waals surface area (Å²) >= 11 is 6.25. The second-order valence-corrected chi connectivity index (χ2v) is 5.11. The highest BCUT2D eigenvalue weighted by Crippen LogP contribution is 2.37. The van der Waals surface area contributed by atoms with E-state index < -0.39 is 0 Å². The number of hydrogen-bond acceptors (Lipinski definition) is 1. The van der Waals surface area contributed by atoms with Crippen molar-refractivity contribution >= 4 is 11.6 Å². The fourth-order valence-electron chi connectivity index (χ4n) is 1.95. The van der Waals surface area contributed by atoms with Gasteiger partial charge in [0, 0.05) is 31.2 Å². The number of aromatic nitrogens is 2. The Balaban J connectivity index is 1.60. The lowest BCUT2D eigenvalue weighted by Gasteiger charge is -2.07. The molecule has 0 amide bonds. The predicted molar refractivity (Wildman–Crippen MR) is 63.1 cm³/mol. The second kappa shape index (κ2) is 5.02. The van der Waals surface area contributed by atoms with Crippen LogP contribution in [0.3, 0.4) is 0 Å². The van der Waals surface area contributed by atoms with Gasteiger partial charge in [0.25, 0.3) is 0 Å². The fourth-order valence-corrected chi connectivity index (χ4v) is 2.36. The molecule has 1 aromatic heterocycles. The van der Waals surface area contributed by atoms with Gasteiger partial charge in [0.15, 0.2) is 0 Å². The van der Waals surface area contributed by atoms with Crippen LogP contribution < -0.4 is 0 Å². The molecule has 3 heteroatoms. The van der Waals surface area contributed by atoms with Gasteiger partial charge in [-0.3, -0.25) is 0 Å². The summed E-state index contributed by atoms with van der Waals surface area (Å²) in [6, 6.07) is 0. The van der Waals surface area contributed by atoms with Crippen molar-refractivity contribution in [2.45, 2.75) is 43.9 Å². The highest BCUT2D eigenvalue weighted by molar-refractivity contribution is 6.20. The van der Waals surface area contributed by atoms with Crippen LogP contribution in [0.25, 0.3) is 0 Å². The molecule has 2 nitrogen and oxygen atoms in total. The first-order chi connectivity index (χ1) is 7.27. The van der Waals surface area contributed by atoms with Crippen molar-refractivity contribution in [1.29, 1.82) is 0 Å². The Morgan fingerprint density at radius 1 is 1.53 bits per heavy atom. The summed E-state index contributed by atoms with van der Waals surface area (Å²) in [5, 5.41) is 0.436. The number of unbranched alkanes of at least 4 members (excludes halogenated alkanes) is 1. The number of rotatable bonds is 6. The lowest BCUT2D eigenvalue weighted by molar-refractivity contribution is 0.597. The Morgan fingerprint density at radius 2 is 2.33 bits per heavy atom. The van der Waals surface area contributed by atoms with Crippen LogP contribution in [0.15, 0.2) is 12.4 Å². The smallest absolute Gasteiger partial charge is 0.108 e. The SMILES string of the molecule is Cn1ccnc1CCCCC(Cl)C1CC1. The van der Waals surface area contributed by atoms with E-state index in [0.717, 1.165) is 12.3 Å². The number of hydrogen-bond donors (Lipinski definition) is 0. The van der Waals surface area contributed by atoms with Crippen LogP contribution in [0.4, 0.5) is 0 Å².